The summed E-state index contributed by atoms with van der Waals surface area (Å²) in [5.41, 5.74) is 3.41. The van der Waals surface area contributed by atoms with Crippen LogP contribution in [-0.4, -0.2) is 20.3 Å². The lowest BCUT2D eigenvalue weighted by molar-refractivity contribution is 0.424. The van der Waals surface area contributed by atoms with Crippen molar-refractivity contribution in [2.24, 2.45) is 0 Å². The normalized spacial score (nSPS) is 10.9. The van der Waals surface area contributed by atoms with Crippen LogP contribution in [0.15, 0.2) is 35.2 Å². The van der Waals surface area contributed by atoms with Crippen LogP contribution in [0, 0.1) is 0 Å². The Morgan fingerprint density at radius 1 is 1.29 bits per heavy atom. The van der Waals surface area contributed by atoms with Crippen molar-refractivity contribution < 1.29 is 4.52 Å². The topological polar surface area (TPSA) is 67.6 Å². The molecular formula is C9H6N4O. The lowest BCUT2D eigenvalue weighted by atomic mass is 10.1. The third-order valence-electron chi connectivity index (χ3n) is 2.06. The zero-order chi connectivity index (χ0) is 9.38. The van der Waals surface area contributed by atoms with Crippen molar-refractivity contribution in [1.82, 2.24) is 20.3 Å². The summed E-state index contributed by atoms with van der Waals surface area (Å²) in [5.74, 6) is 0. The Morgan fingerprint density at radius 3 is 3.14 bits per heavy atom. The average Bonchev–Trinajstić information content (AvgIpc) is 2.88. The minimum atomic E-state index is 0.688. The first-order valence-electron chi connectivity index (χ1n) is 4.14. The maximum Gasteiger partial charge on any atom is 0.187 e. The molecule has 0 aliphatic heterocycles. The molecule has 1 N–H and O–H groups in total. The van der Waals surface area contributed by atoms with Crippen LogP contribution in [0.25, 0.3) is 22.4 Å². The summed E-state index contributed by atoms with van der Waals surface area (Å²) >= 11 is 0. The van der Waals surface area contributed by atoms with Gasteiger partial charge in [0.2, 0.25) is 0 Å². The van der Waals surface area contributed by atoms with Gasteiger partial charge in [0, 0.05) is 10.8 Å². The molecular weight excluding hydrogens is 180 g/mol. The van der Waals surface area contributed by atoms with Crippen molar-refractivity contribution in [3.05, 3.63) is 30.7 Å². The summed E-state index contributed by atoms with van der Waals surface area (Å²) in [5, 5.41) is 7.31. The van der Waals surface area contributed by atoms with Gasteiger partial charge in [-0.2, -0.15) is 0 Å². The van der Waals surface area contributed by atoms with Crippen LogP contribution >= 0.6 is 0 Å². The van der Waals surface area contributed by atoms with E-state index >= 15 is 0 Å². The van der Waals surface area contributed by atoms with E-state index < -0.39 is 0 Å². The number of rotatable bonds is 1. The lowest BCUT2D eigenvalue weighted by Crippen LogP contribution is -1.77. The van der Waals surface area contributed by atoms with E-state index in [1.807, 2.05) is 18.2 Å². The van der Waals surface area contributed by atoms with E-state index in [1.165, 1.54) is 0 Å². The quantitative estimate of drug-likeness (QED) is 0.626. The third-order valence-corrected chi connectivity index (χ3v) is 2.06. The number of nitrogens with zero attached hydrogens (tertiary/aromatic N) is 3. The maximum absolute atomic E-state index is 4.90. The third kappa shape index (κ3) is 0.990. The smallest absolute Gasteiger partial charge is 0.187 e. The second-order valence-corrected chi connectivity index (χ2v) is 2.92. The van der Waals surface area contributed by atoms with Crippen LogP contribution in [0.5, 0.6) is 0 Å². The summed E-state index contributed by atoms with van der Waals surface area (Å²) in [7, 11) is 0. The average molecular weight is 186 g/mol. The molecule has 14 heavy (non-hydrogen) atoms. The zero-order valence-electron chi connectivity index (χ0n) is 7.14. The number of H-pyrrole nitrogens is 1. The Morgan fingerprint density at radius 2 is 2.29 bits per heavy atom. The van der Waals surface area contributed by atoms with Gasteiger partial charge in [-0.05, 0) is 18.2 Å². The molecule has 3 rings (SSSR count). The Kier molecular flexibility index (Phi) is 1.38. The van der Waals surface area contributed by atoms with Crippen molar-refractivity contribution in [3.8, 4) is 11.3 Å². The molecule has 0 radical (unpaired) electrons. The zero-order valence-corrected chi connectivity index (χ0v) is 7.14. The number of nitrogens with one attached hydrogen (secondary N) is 1. The van der Waals surface area contributed by atoms with Gasteiger partial charge in [-0.3, -0.25) is 0 Å². The lowest BCUT2D eigenvalue weighted by Gasteiger charge is -1.94. The number of aromatic amines is 1. The van der Waals surface area contributed by atoms with Gasteiger partial charge in [-0.1, -0.05) is 0 Å². The SMILES string of the molecule is c1ncc(-c2ccc3onnc3c2)[nH]1. The summed E-state index contributed by atoms with van der Waals surface area (Å²) < 4.78 is 4.90. The molecule has 0 saturated heterocycles. The standard InChI is InChI=1S/C9H6N4O/c1-2-9-7(12-13-14-9)3-6(1)8-4-10-5-11-8/h1-5H,(H,10,11). The Labute approximate surface area is 78.8 Å². The molecule has 0 saturated carbocycles. The van der Waals surface area contributed by atoms with E-state index in [0.29, 0.717) is 5.58 Å². The van der Waals surface area contributed by atoms with Crippen molar-refractivity contribution in [1.29, 1.82) is 0 Å². The van der Waals surface area contributed by atoms with E-state index in [2.05, 4.69) is 20.3 Å². The molecule has 2 heterocycles. The molecule has 0 spiro atoms. The van der Waals surface area contributed by atoms with Crippen molar-refractivity contribution in [2.75, 3.05) is 0 Å². The molecule has 5 heteroatoms. The highest BCUT2D eigenvalue weighted by Crippen LogP contribution is 2.20. The van der Waals surface area contributed by atoms with Crippen molar-refractivity contribution >= 4 is 11.1 Å². The monoisotopic (exact) mass is 186 g/mol. The molecule has 0 fully saturated rings. The Bertz CT molecular complexity index is 555. The molecule has 0 unspecified atom stereocenters. The van der Waals surface area contributed by atoms with Crippen LogP contribution in [0.2, 0.25) is 0 Å². The molecule has 68 valence electrons. The predicted molar refractivity (Wildman–Crippen MR) is 49.4 cm³/mol. The summed E-state index contributed by atoms with van der Waals surface area (Å²) in [6.07, 6.45) is 3.40. The van der Waals surface area contributed by atoms with Crippen LogP contribution in [-0.2, 0) is 0 Å². The van der Waals surface area contributed by atoms with Crippen LogP contribution < -0.4 is 0 Å². The first kappa shape index (κ1) is 7.25. The van der Waals surface area contributed by atoms with E-state index in [0.717, 1.165) is 16.8 Å². The highest BCUT2D eigenvalue weighted by Gasteiger charge is 2.03. The molecule has 0 amide bonds. The van der Waals surface area contributed by atoms with Gasteiger partial charge in [-0.25, -0.2) is 4.98 Å². The van der Waals surface area contributed by atoms with Crippen LogP contribution in [0.4, 0.5) is 0 Å². The largest absolute Gasteiger partial charge is 0.345 e. The van der Waals surface area contributed by atoms with Gasteiger partial charge in [-0.15, -0.1) is 5.10 Å². The second-order valence-electron chi connectivity index (χ2n) is 2.92. The van der Waals surface area contributed by atoms with Gasteiger partial charge < -0.3 is 9.51 Å². The molecule has 0 atom stereocenters. The predicted octanol–water partition coefficient (Wildman–Crippen LogP) is 1.61. The van der Waals surface area contributed by atoms with Gasteiger partial charge in [0.15, 0.2) is 5.58 Å². The maximum atomic E-state index is 4.90. The fourth-order valence-electron chi connectivity index (χ4n) is 1.36. The molecule has 0 bridgehead atoms. The number of benzene rings is 1. The van der Waals surface area contributed by atoms with Crippen LogP contribution in [0.3, 0.4) is 0 Å². The number of aromatic nitrogens is 4. The highest BCUT2D eigenvalue weighted by atomic mass is 16.5. The summed E-state index contributed by atoms with van der Waals surface area (Å²) in [6, 6.07) is 5.67. The van der Waals surface area contributed by atoms with E-state index in [9.17, 15) is 0 Å². The first-order valence-corrected chi connectivity index (χ1v) is 4.14. The Balaban J connectivity index is 2.23. The van der Waals surface area contributed by atoms with E-state index in [1.54, 1.807) is 12.5 Å². The first-order chi connectivity index (χ1) is 6.93. The van der Waals surface area contributed by atoms with E-state index in [4.69, 9.17) is 4.52 Å². The number of hydrogen-bond acceptors (Lipinski definition) is 4. The van der Waals surface area contributed by atoms with Gasteiger partial charge in [0.05, 0.1) is 18.2 Å². The highest BCUT2D eigenvalue weighted by molar-refractivity contribution is 5.78. The Hall–Kier alpha value is -2.17. The molecule has 5 nitrogen and oxygen atoms in total. The van der Waals surface area contributed by atoms with Crippen molar-refractivity contribution in [3.63, 3.8) is 0 Å². The molecule has 2 aromatic heterocycles. The van der Waals surface area contributed by atoms with Gasteiger partial charge >= 0.3 is 0 Å². The van der Waals surface area contributed by atoms with Crippen LogP contribution in [0.1, 0.15) is 0 Å². The van der Waals surface area contributed by atoms with Gasteiger partial charge in [0.1, 0.15) is 5.52 Å². The van der Waals surface area contributed by atoms with E-state index in [-0.39, 0.29) is 0 Å². The number of imidazole rings is 1. The van der Waals surface area contributed by atoms with Gasteiger partial charge in [0.25, 0.3) is 0 Å². The molecule has 1 aromatic carbocycles. The fourth-order valence-corrected chi connectivity index (χ4v) is 1.36. The molecule has 3 aromatic rings. The minimum absolute atomic E-state index is 0.688. The minimum Gasteiger partial charge on any atom is -0.345 e. The van der Waals surface area contributed by atoms with Crippen molar-refractivity contribution in [2.45, 2.75) is 0 Å². The molecule has 0 aliphatic carbocycles. The number of hydrogen-bond donors (Lipinski definition) is 1. The summed E-state index contributed by atoms with van der Waals surface area (Å²) in [4.78, 5) is 6.97. The second kappa shape index (κ2) is 2.66. The molecule has 0 aliphatic rings. The summed E-state index contributed by atoms with van der Waals surface area (Å²) in [6.45, 7) is 0. The fraction of sp³-hybridized carbons (Fsp3) is 0. The number of fused-ring (bicyclic) bond motifs is 1.